The minimum Gasteiger partial charge on any atom is -0.404 e. The number of halogens is 6. The molecule has 0 saturated heterocycles. The lowest BCUT2D eigenvalue weighted by molar-refractivity contribution is -0.141. The average molecular weight is 469 g/mol. The highest BCUT2D eigenvalue weighted by Gasteiger charge is 2.41. The van der Waals surface area contributed by atoms with Crippen LogP contribution in [0.1, 0.15) is 5.69 Å². The van der Waals surface area contributed by atoms with Crippen LogP contribution in [-0.2, 0) is 11.0 Å². The minimum absolute atomic E-state index is 0.0551. The quantitative estimate of drug-likeness (QED) is 0.304. The number of carbonyl (C=O) groups is 1. The number of benzene rings is 1. The Morgan fingerprint density at radius 2 is 1.82 bits per heavy atom. The van der Waals surface area contributed by atoms with Gasteiger partial charge in [-0.25, -0.2) is 4.99 Å². The molecule has 172 valence electrons. The van der Waals surface area contributed by atoms with E-state index in [4.69, 9.17) is 5.73 Å². The summed E-state index contributed by atoms with van der Waals surface area (Å²) >= 11 is 0. The summed E-state index contributed by atoms with van der Waals surface area (Å²) in [6, 6.07) is 6.60. The van der Waals surface area contributed by atoms with Crippen molar-refractivity contribution in [1.82, 2.24) is 9.97 Å². The Bertz CT molecular complexity index is 1320. The summed E-state index contributed by atoms with van der Waals surface area (Å²) in [7, 11) is 0. The minimum atomic E-state index is -5.18. The Balaban J connectivity index is 2.05. The van der Waals surface area contributed by atoms with E-state index in [1.807, 2.05) is 5.32 Å². The van der Waals surface area contributed by atoms with Crippen LogP contribution in [0.25, 0.3) is 10.8 Å². The standard InChI is InChI=1S/C20H13F6N5O2/c21-19(22,23)15-8-10(4-6-28-15)30-18(33)13(9-27)16(20(24,25)26)31-14-3-1-2-12-11(14)5-7-29-17(12)32/h1-9H,27H2,(H,29,32)(H,28,30,33)/b13-9+,31-16?. The van der Waals surface area contributed by atoms with Crippen molar-refractivity contribution in [3.05, 3.63) is 76.6 Å². The molecule has 0 aliphatic rings. The molecule has 0 aliphatic heterocycles. The maximum Gasteiger partial charge on any atom is 0.434 e. The smallest absolute Gasteiger partial charge is 0.404 e. The molecule has 0 unspecified atom stereocenters. The number of rotatable bonds is 4. The second-order valence-corrected chi connectivity index (χ2v) is 6.47. The number of H-pyrrole nitrogens is 1. The van der Waals surface area contributed by atoms with Gasteiger partial charge in [0.25, 0.3) is 11.5 Å². The number of hydrogen-bond donors (Lipinski definition) is 3. The summed E-state index contributed by atoms with van der Waals surface area (Å²) in [4.78, 5) is 33.4. The molecule has 3 aromatic rings. The van der Waals surface area contributed by atoms with E-state index in [0.717, 1.165) is 12.3 Å². The van der Waals surface area contributed by atoms with Gasteiger partial charge in [-0.05, 0) is 30.3 Å². The molecule has 1 aromatic carbocycles. The van der Waals surface area contributed by atoms with Crippen LogP contribution < -0.4 is 16.6 Å². The molecule has 0 atom stereocenters. The molecule has 0 radical (unpaired) electrons. The van der Waals surface area contributed by atoms with Gasteiger partial charge in [0.1, 0.15) is 5.69 Å². The number of nitrogens with zero attached hydrogens (tertiary/aromatic N) is 2. The van der Waals surface area contributed by atoms with Gasteiger partial charge in [-0.1, -0.05) is 6.07 Å². The van der Waals surface area contributed by atoms with E-state index in [0.29, 0.717) is 12.3 Å². The number of anilines is 1. The number of carbonyl (C=O) groups excluding carboxylic acids is 1. The fourth-order valence-electron chi connectivity index (χ4n) is 2.82. The number of alkyl halides is 6. The number of pyridine rings is 2. The van der Waals surface area contributed by atoms with E-state index in [9.17, 15) is 35.9 Å². The Hall–Kier alpha value is -4.16. The molecule has 7 nitrogen and oxygen atoms in total. The number of aromatic nitrogens is 2. The van der Waals surface area contributed by atoms with Crippen molar-refractivity contribution in [3.8, 4) is 0 Å². The molecule has 0 spiro atoms. The van der Waals surface area contributed by atoms with Crippen molar-refractivity contribution < 1.29 is 31.1 Å². The number of fused-ring (bicyclic) bond motifs is 1. The van der Waals surface area contributed by atoms with Crippen molar-refractivity contribution in [1.29, 1.82) is 0 Å². The van der Waals surface area contributed by atoms with Gasteiger partial charge in [-0.2, -0.15) is 26.3 Å². The van der Waals surface area contributed by atoms with E-state index in [1.165, 1.54) is 30.5 Å². The third kappa shape index (κ3) is 5.19. The summed E-state index contributed by atoms with van der Waals surface area (Å²) in [5.74, 6) is -1.45. The maximum absolute atomic E-state index is 13.8. The first-order valence-electron chi connectivity index (χ1n) is 8.95. The van der Waals surface area contributed by atoms with Crippen LogP contribution in [0.5, 0.6) is 0 Å². The fourth-order valence-corrected chi connectivity index (χ4v) is 2.82. The molecule has 2 aromatic heterocycles. The van der Waals surface area contributed by atoms with Gasteiger partial charge < -0.3 is 16.0 Å². The monoisotopic (exact) mass is 469 g/mol. The first-order chi connectivity index (χ1) is 15.4. The molecule has 2 heterocycles. The predicted molar refractivity (Wildman–Crippen MR) is 108 cm³/mol. The molecule has 3 rings (SSSR count). The SMILES string of the molecule is N/C=C(/C(=O)Nc1ccnc(C(F)(F)F)c1)C(=Nc1cccc2c(=O)[nH]ccc12)C(F)(F)F. The Morgan fingerprint density at radius 3 is 2.45 bits per heavy atom. The Morgan fingerprint density at radius 1 is 1.09 bits per heavy atom. The molecule has 0 aliphatic carbocycles. The van der Waals surface area contributed by atoms with E-state index < -0.39 is 46.5 Å². The molecule has 0 bridgehead atoms. The summed E-state index contributed by atoms with van der Waals surface area (Å²) in [6.07, 6.45) is -7.73. The van der Waals surface area contributed by atoms with Crippen LogP contribution in [0.15, 0.2) is 70.4 Å². The molecule has 4 N–H and O–H groups in total. The van der Waals surface area contributed by atoms with Crippen molar-refractivity contribution in [3.63, 3.8) is 0 Å². The number of nitrogens with two attached hydrogens (primary N) is 1. The zero-order valence-corrected chi connectivity index (χ0v) is 16.3. The molecular formula is C20H13F6N5O2. The summed E-state index contributed by atoms with van der Waals surface area (Å²) in [5.41, 5.74) is -0.247. The average Bonchev–Trinajstić information content (AvgIpc) is 2.73. The highest BCUT2D eigenvalue weighted by atomic mass is 19.4. The Labute approximate surface area is 180 Å². The molecule has 0 fully saturated rings. The topological polar surface area (TPSA) is 113 Å². The highest BCUT2D eigenvalue weighted by Crippen LogP contribution is 2.31. The number of aromatic amines is 1. The number of hydrogen-bond acceptors (Lipinski definition) is 5. The van der Waals surface area contributed by atoms with E-state index in [1.54, 1.807) is 0 Å². The number of amides is 1. The van der Waals surface area contributed by atoms with Crippen molar-refractivity contribution in [2.24, 2.45) is 10.7 Å². The van der Waals surface area contributed by atoms with Gasteiger partial charge in [0, 0.05) is 35.1 Å². The lowest BCUT2D eigenvalue weighted by atomic mass is 10.1. The van der Waals surface area contributed by atoms with Gasteiger partial charge >= 0.3 is 12.4 Å². The van der Waals surface area contributed by atoms with Gasteiger partial charge in [-0.15, -0.1) is 0 Å². The summed E-state index contributed by atoms with van der Waals surface area (Å²) in [6.45, 7) is 0. The molecule has 1 amide bonds. The largest absolute Gasteiger partial charge is 0.434 e. The second kappa shape index (κ2) is 8.76. The van der Waals surface area contributed by atoms with Crippen LogP contribution in [0, 0.1) is 0 Å². The third-order valence-corrected chi connectivity index (χ3v) is 4.27. The van der Waals surface area contributed by atoms with E-state index in [2.05, 4.69) is 15.0 Å². The maximum atomic E-state index is 13.8. The van der Waals surface area contributed by atoms with Gasteiger partial charge in [0.05, 0.1) is 11.3 Å². The van der Waals surface area contributed by atoms with Crippen molar-refractivity contribution in [2.75, 3.05) is 5.32 Å². The lowest BCUT2D eigenvalue weighted by Crippen LogP contribution is -2.32. The first-order valence-corrected chi connectivity index (χ1v) is 8.95. The number of aliphatic imine (C=N–C) groups is 1. The molecule has 13 heteroatoms. The van der Waals surface area contributed by atoms with Crippen LogP contribution in [0.2, 0.25) is 0 Å². The first kappa shape index (κ1) is 23.5. The van der Waals surface area contributed by atoms with Crippen LogP contribution >= 0.6 is 0 Å². The van der Waals surface area contributed by atoms with Crippen LogP contribution in [-0.4, -0.2) is 27.8 Å². The highest BCUT2D eigenvalue weighted by molar-refractivity contribution is 6.27. The molecular weight excluding hydrogens is 456 g/mol. The fraction of sp³-hybridized carbons (Fsp3) is 0.100. The third-order valence-electron chi connectivity index (χ3n) is 4.27. The Kier molecular flexibility index (Phi) is 6.24. The van der Waals surface area contributed by atoms with Crippen molar-refractivity contribution >= 4 is 33.8 Å². The molecule has 33 heavy (non-hydrogen) atoms. The molecule has 0 saturated carbocycles. The summed E-state index contributed by atoms with van der Waals surface area (Å²) in [5, 5.41) is 2.05. The predicted octanol–water partition coefficient (Wildman–Crippen LogP) is 4.06. The van der Waals surface area contributed by atoms with E-state index >= 15 is 0 Å². The van der Waals surface area contributed by atoms with Crippen LogP contribution in [0.4, 0.5) is 37.7 Å². The normalized spacial score (nSPS) is 13.3. The van der Waals surface area contributed by atoms with Gasteiger partial charge in [-0.3, -0.25) is 14.6 Å². The zero-order valence-electron chi connectivity index (χ0n) is 16.3. The van der Waals surface area contributed by atoms with Crippen molar-refractivity contribution in [2.45, 2.75) is 12.4 Å². The van der Waals surface area contributed by atoms with E-state index in [-0.39, 0.29) is 16.5 Å². The zero-order chi connectivity index (χ0) is 24.4. The number of nitrogens with one attached hydrogen (secondary N) is 2. The van der Waals surface area contributed by atoms with Gasteiger partial charge in [0.2, 0.25) is 0 Å². The van der Waals surface area contributed by atoms with Crippen LogP contribution in [0.3, 0.4) is 0 Å². The summed E-state index contributed by atoms with van der Waals surface area (Å²) < 4.78 is 79.9. The van der Waals surface area contributed by atoms with Gasteiger partial charge in [0.15, 0.2) is 5.71 Å². The lowest BCUT2D eigenvalue weighted by Gasteiger charge is -2.15. The second-order valence-electron chi connectivity index (χ2n) is 6.47.